The molecule has 97 valence electrons. The summed E-state index contributed by atoms with van der Waals surface area (Å²) in [5.74, 6) is 0. The second-order valence-electron chi connectivity index (χ2n) is 2.46. The summed E-state index contributed by atoms with van der Waals surface area (Å²) >= 11 is 61.6. The van der Waals surface area contributed by atoms with Gasteiger partial charge < -0.3 is 0 Å². The van der Waals surface area contributed by atoms with Gasteiger partial charge in [-0.05, 0) is 0 Å². The first-order valence-electron chi connectivity index (χ1n) is 3.08. The second-order valence-corrected chi connectivity index (χ2v) is 10.1. The predicted molar refractivity (Wildman–Crippen MR) is 78.5 cm³/mol. The zero-order chi connectivity index (χ0) is 13.6. The molecule has 0 aliphatic heterocycles. The molecule has 0 N–H and O–H groups in total. The van der Waals surface area contributed by atoms with E-state index in [9.17, 15) is 0 Å². The highest BCUT2D eigenvalue weighted by Crippen LogP contribution is 2.63. The van der Waals surface area contributed by atoms with Gasteiger partial charge in [0.2, 0.25) is 7.59 Å². The molecule has 0 nitrogen and oxygen atoms in total. The number of rotatable bonds is 2. The maximum absolute atomic E-state index is 5.77. The van der Waals surface area contributed by atoms with Crippen molar-refractivity contribution < 1.29 is 0 Å². The number of halogens is 11. The zero-order valence-electron chi connectivity index (χ0n) is 6.66. The van der Waals surface area contributed by atoms with Crippen LogP contribution in [0.3, 0.4) is 0 Å². The Balaban J connectivity index is 5.37. The van der Waals surface area contributed by atoms with Gasteiger partial charge in [0.15, 0.2) is 14.0 Å². The van der Waals surface area contributed by atoms with Gasteiger partial charge in [0.1, 0.15) is 0 Å². The molecule has 0 aromatic rings. The second kappa shape index (κ2) is 5.90. The molecule has 0 fully saturated rings. The first-order valence-corrected chi connectivity index (χ1v) is 7.24. The van der Waals surface area contributed by atoms with E-state index in [0.29, 0.717) is 0 Å². The highest BCUT2D eigenvalue weighted by atomic mass is 35.6. The van der Waals surface area contributed by atoms with Gasteiger partial charge in [0.05, 0.1) is 0 Å². The fraction of sp³-hybridized carbons (Fsp3) is 0.800. The SMILES string of the molecule is Cl[C](C(Cl)(Cl)Cl)C(Cl)(Cl)C(Cl)(Cl)C(Cl)(Cl)Cl. The largest absolute Gasteiger partial charge is 0.226 e. The van der Waals surface area contributed by atoms with Crippen molar-refractivity contribution in [2.75, 3.05) is 0 Å². The topological polar surface area (TPSA) is 0 Å². The Kier molecular flexibility index (Phi) is 7.07. The van der Waals surface area contributed by atoms with Gasteiger partial charge in [-0.25, -0.2) is 0 Å². The van der Waals surface area contributed by atoms with Crippen LogP contribution < -0.4 is 0 Å². The molecule has 0 aromatic heterocycles. The van der Waals surface area contributed by atoms with Gasteiger partial charge in [0, 0.05) is 0 Å². The van der Waals surface area contributed by atoms with Crippen LogP contribution in [0, 0.1) is 5.38 Å². The van der Waals surface area contributed by atoms with E-state index >= 15 is 0 Å². The molecule has 0 spiro atoms. The Labute approximate surface area is 148 Å². The van der Waals surface area contributed by atoms with E-state index in [0.717, 1.165) is 0 Å². The van der Waals surface area contributed by atoms with Crippen molar-refractivity contribution >= 4 is 128 Å². The summed E-state index contributed by atoms with van der Waals surface area (Å²) in [6, 6.07) is 0. The van der Waals surface area contributed by atoms with Crippen LogP contribution in [-0.2, 0) is 0 Å². The molecule has 0 rings (SSSR count). The highest BCUT2D eigenvalue weighted by molar-refractivity contribution is 6.81. The van der Waals surface area contributed by atoms with Gasteiger partial charge in [-0.3, -0.25) is 0 Å². The molecule has 0 unspecified atom stereocenters. The van der Waals surface area contributed by atoms with Crippen LogP contribution in [0.15, 0.2) is 0 Å². The molecule has 16 heavy (non-hydrogen) atoms. The summed E-state index contributed by atoms with van der Waals surface area (Å²) in [6.07, 6.45) is 0. The van der Waals surface area contributed by atoms with Crippen molar-refractivity contribution in [3.05, 3.63) is 5.38 Å². The lowest BCUT2D eigenvalue weighted by Gasteiger charge is -2.41. The smallest absolute Gasteiger partial charge is 0.109 e. The first-order chi connectivity index (χ1) is 6.65. The molecular formula is C5Cl11. The van der Waals surface area contributed by atoms with Gasteiger partial charge in [-0.1, -0.05) is 116 Å². The Bertz CT molecular complexity index is 244. The summed E-state index contributed by atoms with van der Waals surface area (Å²) in [4.78, 5) is 0. The average Bonchev–Trinajstić information content (AvgIpc) is 1.98. The van der Waals surface area contributed by atoms with Crippen molar-refractivity contribution in [3.63, 3.8) is 0 Å². The van der Waals surface area contributed by atoms with Crippen LogP contribution in [0.2, 0.25) is 0 Å². The first kappa shape index (κ1) is 19.2. The molecule has 0 aromatic carbocycles. The lowest BCUT2D eigenvalue weighted by atomic mass is 10.2. The third kappa shape index (κ3) is 4.09. The van der Waals surface area contributed by atoms with Crippen LogP contribution >= 0.6 is 128 Å². The van der Waals surface area contributed by atoms with Crippen molar-refractivity contribution in [3.8, 4) is 0 Å². The molecule has 1 radical (unpaired) electrons. The summed E-state index contributed by atoms with van der Waals surface area (Å²) in [5, 5.41) is -0.621. The maximum atomic E-state index is 5.77. The number of hydrogen-bond acceptors (Lipinski definition) is 0. The third-order valence-corrected chi connectivity index (χ3v) is 6.79. The van der Waals surface area contributed by atoms with E-state index in [4.69, 9.17) is 128 Å². The summed E-state index contributed by atoms with van der Waals surface area (Å²) in [6.45, 7) is 0. The average molecular weight is 450 g/mol. The predicted octanol–water partition coefficient (Wildman–Crippen LogP) is 6.85. The third-order valence-electron chi connectivity index (χ3n) is 1.27. The Morgan fingerprint density at radius 3 is 1.12 bits per heavy atom. The van der Waals surface area contributed by atoms with Crippen LogP contribution in [0.1, 0.15) is 0 Å². The van der Waals surface area contributed by atoms with E-state index in [-0.39, 0.29) is 0 Å². The molecule has 0 bridgehead atoms. The highest BCUT2D eigenvalue weighted by Gasteiger charge is 2.66. The van der Waals surface area contributed by atoms with Crippen LogP contribution in [0.5, 0.6) is 0 Å². The lowest BCUT2D eigenvalue weighted by Crippen LogP contribution is -2.51. The van der Waals surface area contributed by atoms with Crippen molar-refractivity contribution in [1.82, 2.24) is 0 Å². The Morgan fingerprint density at radius 2 is 0.938 bits per heavy atom. The minimum Gasteiger partial charge on any atom is -0.109 e. The van der Waals surface area contributed by atoms with E-state index in [1.54, 1.807) is 0 Å². The van der Waals surface area contributed by atoms with Crippen molar-refractivity contribution in [2.45, 2.75) is 16.3 Å². The standard InChI is InChI=1S/C5Cl11/c6-1(3(9,10)11)2(7,8)4(12,13)5(14,15)16. The van der Waals surface area contributed by atoms with Gasteiger partial charge in [-0.2, -0.15) is 0 Å². The molecule has 0 saturated carbocycles. The van der Waals surface area contributed by atoms with Gasteiger partial charge >= 0.3 is 0 Å². The van der Waals surface area contributed by atoms with Crippen molar-refractivity contribution in [1.29, 1.82) is 0 Å². The molecule has 0 aliphatic rings. The van der Waals surface area contributed by atoms with E-state index in [1.165, 1.54) is 0 Å². The zero-order valence-corrected chi connectivity index (χ0v) is 15.0. The van der Waals surface area contributed by atoms with Gasteiger partial charge in [0.25, 0.3) is 0 Å². The van der Waals surface area contributed by atoms with E-state index in [2.05, 4.69) is 0 Å². The fourth-order valence-electron chi connectivity index (χ4n) is 0.494. The number of hydrogen-bond donors (Lipinski definition) is 0. The Hall–Kier alpha value is 3.19. The molecule has 0 atom stereocenters. The van der Waals surface area contributed by atoms with Crippen molar-refractivity contribution in [2.24, 2.45) is 0 Å². The minimum atomic E-state index is -2.34. The normalized spacial score (nSPS) is 15.8. The summed E-state index contributed by atoms with van der Waals surface area (Å²) in [7, 11) is 0. The van der Waals surface area contributed by atoms with E-state index in [1.807, 2.05) is 0 Å². The Morgan fingerprint density at radius 1 is 0.625 bits per heavy atom. The molecule has 11 heteroatoms. The fourth-order valence-corrected chi connectivity index (χ4v) is 2.92. The van der Waals surface area contributed by atoms with E-state index < -0.39 is 21.6 Å². The molecule has 0 heterocycles. The van der Waals surface area contributed by atoms with Gasteiger partial charge in [-0.15, -0.1) is 11.6 Å². The van der Waals surface area contributed by atoms with Crippen LogP contribution in [-0.4, -0.2) is 16.3 Å². The molecule has 0 aliphatic carbocycles. The lowest BCUT2D eigenvalue weighted by molar-refractivity contribution is 0.698. The maximum Gasteiger partial charge on any atom is 0.226 e. The van der Waals surface area contributed by atoms with Crippen LogP contribution in [0.4, 0.5) is 0 Å². The molecule has 0 saturated heterocycles. The number of alkyl halides is 10. The quantitative estimate of drug-likeness (QED) is 0.404. The summed E-state index contributed by atoms with van der Waals surface area (Å²) < 4.78 is -9.06. The molecule has 0 amide bonds. The molecular weight excluding hydrogens is 450 g/mol. The minimum absolute atomic E-state index is 0.621. The summed E-state index contributed by atoms with van der Waals surface area (Å²) in [5.41, 5.74) is 0. The monoisotopic (exact) mass is 445 g/mol. The van der Waals surface area contributed by atoms with Crippen LogP contribution in [0.25, 0.3) is 0 Å².